The Morgan fingerprint density at radius 2 is 2.05 bits per heavy atom. The molecule has 2 N–H and O–H groups in total. The van der Waals surface area contributed by atoms with Crippen LogP contribution in [-0.2, 0) is 4.74 Å². The maximum absolute atomic E-state index is 11.7. The van der Waals surface area contributed by atoms with Crippen molar-refractivity contribution < 1.29 is 14.3 Å². The summed E-state index contributed by atoms with van der Waals surface area (Å²) < 4.78 is 11.1. The van der Waals surface area contributed by atoms with Crippen molar-refractivity contribution in [1.29, 1.82) is 0 Å². The van der Waals surface area contributed by atoms with Crippen molar-refractivity contribution in [2.75, 3.05) is 12.8 Å². The van der Waals surface area contributed by atoms with E-state index in [0.29, 0.717) is 20.9 Å². The molecule has 0 bridgehead atoms. The second-order valence-corrected chi connectivity index (χ2v) is 5.18. The van der Waals surface area contributed by atoms with Crippen LogP contribution in [0.1, 0.15) is 10.4 Å². The lowest BCUT2D eigenvalue weighted by atomic mass is 10.1. The molecule has 2 aromatic carbocycles. The first-order chi connectivity index (χ1) is 9.52. The third-order valence-electron chi connectivity index (χ3n) is 2.56. The third-order valence-corrected chi connectivity index (χ3v) is 3.41. The number of benzene rings is 2. The summed E-state index contributed by atoms with van der Waals surface area (Å²) in [5, 5.41) is 0.568. The van der Waals surface area contributed by atoms with Gasteiger partial charge in [0.15, 0.2) is 5.75 Å². The fourth-order valence-electron chi connectivity index (χ4n) is 1.61. The minimum Gasteiger partial charge on any atom is -0.465 e. The first-order valence-corrected chi connectivity index (χ1v) is 6.79. The number of halogens is 2. The van der Waals surface area contributed by atoms with E-state index in [9.17, 15) is 4.79 Å². The Bertz CT molecular complexity index is 661. The van der Waals surface area contributed by atoms with Crippen molar-refractivity contribution >= 4 is 39.2 Å². The van der Waals surface area contributed by atoms with E-state index < -0.39 is 5.97 Å². The van der Waals surface area contributed by atoms with Crippen LogP contribution in [0.4, 0.5) is 5.69 Å². The minimum atomic E-state index is -0.516. The molecule has 0 aliphatic rings. The zero-order chi connectivity index (χ0) is 14.7. The predicted molar refractivity (Wildman–Crippen MR) is 81.4 cm³/mol. The third kappa shape index (κ3) is 3.05. The zero-order valence-electron chi connectivity index (χ0n) is 10.5. The molecule has 0 fully saturated rings. The highest BCUT2D eigenvalue weighted by atomic mass is 79.9. The van der Waals surface area contributed by atoms with E-state index in [1.807, 2.05) is 0 Å². The van der Waals surface area contributed by atoms with E-state index in [2.05, 4.69) is 15.9 Å². The number of hydrogen-bond donors (Lipinski definition) is 1. The summed E-state index contributed by atoms with van der Waals surface area (Å²) in [6, 6.07) is 9.94. The van der Waals surface area contributed by atoms with Crippen LogP contribution in [0.15, 0.2) is 40.9 Å². The Kier molecular flexibility index (Phi) is 4.52. The van der Waals surface area contributed by atoms with E-state index >= 15 is 0 Å². The lowest BCUT2D eigenvalue weighted by Crippen LogP contribution is -2.05. The van der Waals surface area contributed by atoms with Crippen LogP contribution in [-0.4, -0.2) is 13.1 Å². The molecule has 2 aromatic rings. The Morgan fingerprint density at radius 3 is 2.70 bits per heavy atom. The van der Waals surface area contributed by atoms with E-state index in [-0.39, 0.29) is 11.3 Å². The molecule has 0 saturated carbocycles. The molecule has 0 spiro atoms. The molecule has 0 unspecified atom stereocenters. The van der Waals surface area contributed by atoms with Gasteiger partial charge in [0.2, 0.25) is 0 Å². The van der Waals surface area contributed by atoms with Gasteiger partial charge in [-0.25, -0.2) is 4.79 Å². The summed E-state index contributed by atoms with van der Waals surface area (Å²) in [5.74, 6) is 0.234. The molecule has 0 heterocycles. The largest absolute Gasteiger partial charge is 0.465 e. The van der Waals surface area contributed by atoms with Crippen molar-refractivity contribution in [1.82, 2.24) is 0 Å². The molecule has 6 heteroatoms. The van der Waals surface area contributed by atoms with Gasteiger partial charge >= 0.3 is 5.97 Å². The second-order valence-electron chi connectivity index (χ2n) is 3.89. The molecule has 0 saturated heterocycles. The van der Waals surface area contributed by atoms with Crippen LogP contribution in [0, 0.1) is 0 Å². The molecule has 4 nitrogen and oxygen atoms in total. The van der Waals surface area contributed by atoms with Crippen LogP contribution in [0.25, 0.3) is 0 Å². The first kappa shape index (κ1) is 14.7. The molecular weight excluding hydrogens is 346 g/mol. The molecule has 20 heavy (non-hydrogen) atoms. The van der Waals surface area contributed by atoms with Crippen LogP contribution in [0.2, 0.25) is 5.02 Å². The van der Waals surface area contributed by atoms with E-state index in [0.717, 1.165) is 0 Å². The number of esters is 1. The van der Waals surface area contributed by atoms with Gasteiger partial charge in [-0.3, -0.25) is 0 Å². The lowest BCUT2D eigenvalue weighted by molar-refractivity contribution is 0.0598. The number of rotatable bonds is 3. The van der Waals surface area contributed by atoms with Crippen molar-refractivity contribution in [2.24, 2.45) is 0 Å². The number of nitrogens with two attached hydrogens (primary N) is 1. The molecule has 0 atom stereocenters. The van der Waals surface area contributed by atoms with Gasteiger partial charge in [0.05, 0.1) is 17.3 Å². The summed E-state index contributed by atoms with van der Waals surface area (Å²) in [6.07, 6.45) is 0. The van der Waals surface area contributed by atoms with Gasteiger partial charge in [-0.2, -0.15) is 0 Å². The van der Waals surface area contributed by atoms with Gasteiger partial charge < -0.3 is 15.2 Å². The van der Waals surface area contributed by atoms with Gasteiger partial charge in [0.1, 0.15) is 11.3 Å². The summed E-state index contributed by atoms with van der Waals surface area (Å²) in [5.41, 5.74) is 6.47. The highest BCUT2D eigenvalue weighted by Crippen LogP contribution is 2.36. The molecule has 0 aromatic heterocycles. The van der Waals surface area contributed by atoms with Crippen LogP contribution < -0.4 is 10.5 Å². The van der Waals surface area contributed by atoms with Crippen molar-refractivity contribution in [3.05, 3.63) is 51.5 Å². The summed E-state index contributed by atoms with van der Waals surface area (Å²) >= 11 is 9.21. The molecule has 0 aliphatic carbocycles. The fourth-order valence-corrected chi connectivity index (χ4v) is 2.37. The summed E-state index contributed by atoms with van der Waals surface area (Å²) in [4.78, 5) is 11.7. The first-order valence-electron chi connectivity index (χ1n) is 5.62. The highest BCUT2D eigenvalue weighted by Gasteiger charge is 2.17. The number of anilines is 1. The molecule has 0 aliphatic heterocycles. The number of para-hydroxylation sites is 1. The summed E-state index contributed by atoms with van der Waals surface area (Å²) in [7, 11) is 1.30. The topological polar surface area (TPSA) is 61.5 Å². The van der Waals surface area contributed by atoms with Crippen LogP contribution in [0.3, 0.4) is 0 Å². The monoisotopic (exact) mass is 355 g/mol. The number of methoxy groups -OCH3 is 1. The Labute approximate surface area is 129 Å². The quantitative estimate of drug-likeness (QED) is 0.659. The van der Waals surface area contributed by atoms with Crippen molar-refractivity contribution in [3.63, 3.8) is 0 Å². The Hall–Kier alpha value is -1.72. The Morgan fingerprint density at radius 1 is 1.30 bits per heavy atom. The van der Waals surface area contributed by atoms with Gasteiger partial charge in [-0.15, -0.1) is 0 Å². The number of carbonyl (C=O) groups is 1. The van der Waals surface area contributed by atoms with Gasteiger partial charge in [-0.1, -0.05) is 17.7 Å². The number of ether oxygens (including phenoxy) is 2. The zero-order valence-corrected chi connectivity index (χ0v) is 12.9. The molecule has 0 amide bonds. The second kappa shape index (κ2) is 6.15. The van der Waals surface area contributed by atoms with Gasteiger partial charge in [0, 0.05) is 5.02 Å². The maximum atomic E-state index is 11.7. The molecule has 2 rings (SSSR count). The molecule has 104 valence electrons. The fraction of sp³-hybridized carbons (Fsp3) is 0.0714. The van der Waals surface area contributed by atoms with Crippen LogP contribution >= 0.6 is 27.5 Å². The van der Waals surface area contributed by atoms with E-state index in [4.69, 9.17) is 26.8 Å². The average Bonchev–Trinajstić information content (AvgIpc) is 2.42. The molecule has 0 radical (unpaired) electrons. The summed E-state index contributed by atoms with van der Waals surface area (Å²) in [6.45, 7) is 0. The normalized spacial score (nSPS) is 10.2. The predicted octanol–water partition coefficient (Wildman–Crippen LogP) is 4.26. The average molecular weight is 357 g/mol. The molecular formula is C14H11BrClNO3. The van der Waals surface area contributed by atoms with Crippen molar-refractivity contribution in [3.8, 4) is 11.5 Å². The van der Waals surface area contributed by atoms with Gasteiger partial charge in [-0.05, 0) is 46.3 Å². The number of carbonyl (C=O) groups excluding carboxylic acids is 1. The number of nitrogen functional groups attached to an aromatic ring is 1. The SMILES string of the molecule is COC(=O)c1cccc(N)c1Oc1ccc(Cl)cc1Br. The standard InChI is InChI=1S/C14H11BrClNO3/c1-19-14(18)9-3-2-4-11(17)13(9)20-12-6-5-8(16)7-10(12)15/h2-7H,17H2,1H3. The Balaban J connectivity index is 2.45. The minimum absolute atomic E-state index is 0.252. The lowest BCUT2D eigenvalue weighted by Gasteiger charge is -2.13. The smallest absolute Gasteiger partial charge is 0.341 e. The van der Waals surface area contributed by atoms with Crippen molar-refractivity contribution in [2.45, 2.75) is 0 Å². The van der Waals surface area contributed by atoms with E-state index in [1.165, 1.54) is 7.11 Å². The number of hydrogen-bond acceptors (Lipinski definition) is 4. The van der Waals surface area contributed by atoms with Gasteiger partial charge in [0.25, 0.3) is 0 Å². The van der Waals surface area contributed by atoms with Crippen LogP contribution in [0.5, 0.6) is 11.5 Å². The maximum Gasteiger partial charge on any atom is 0.341 e. The van der Waals surface area contributed by atoms with E-state index in [1.54, 1.807) is 36.4 Å². The highest BCUT2D eigenvalue weighted by molar-refractivity contribution is 9.10.